The number of fused-ring (bicyclic) bond motifs is 7. The van der Waals surface area contributed by atoms with Crippen LogP contribution in [0, 0.1) is 0 Å². The maximum absolute atomic E-state index is 2.57. The number of aryl methyl sites for hydroxylation is 3. The van der Waals surface area contributed by atoms with E-state index in [1.54, 1.807) is 5.57 Å². The van der Waals surface area contributed by atoms with E-state index >= 15 is 0 Å². The summed E-state index contributed by atoms with van der Waals surface area (Å²) in [5, 5.41) is 9.92. The zero-order chi connectivity index (χ0) is 46.1. The van der Waals surface area contributed by atoms with E-state index in [4.69, 9.17) is 0 Å². The van der Waals surface area contributed by atoms with Gasteiger partial charge in [-0.2, -0.15) is 0 Å². The highest BCUT2D eigenvalue weighted by Gasteiger charge is 2.28. The van der Waals surface area contributed by atoms with Crippen molar-refractivity contribution >= 4 is 71.5 Å². The van der Waals surface area contributed by atoms with Crippen molar-refractivity contribution in [3.63, 3.8) is 0 Å². The molecule has 0 radical (unpaired) electrons. The lowest BCUT2D eigenvalue weighted by atomic mass is 9.82. The Balaban J connectivity index is 1.13. The molecule has 0 saturated heterocycles. The van der Waals surface area contributed by atoms with Gasteiger partial charge in [-0.05, 0) is 192 Å². The van der Waals surface area contributed by atoms with E-state index < -0.39 is 0 Å². The average molecular weight is 895 g/mol. The molecule has 2 heterocycles. The first kappa shape index (κ1) is 40.6. The Hall–Kier alpha value is -8.46. The summed E-state index contributed by atoms with van der Waals surface area (Å²) in [4.78, 5) is 5.10. The Morgan fingerprint density at radius 3 is 1.56 bits per heavy atom. The first-order valence-electron chi connectivity index (χ1n) is 25.1. The van der Waals surface area contributed by atoms with Crippen LogP contribution < -0.4 is 9.80 Å². The van der Waals surface area contributed by atoms with Gasteiger partial charge in [0.15, 0.2) is 0 Å². The van der Waals surface area contributed by atoms with Gasteiger partial charge in [-0.25, -0.2) is 0 Å². The molecule has 2 aliphatic heterocycles. The summed E-state index contributed by atoms with van der Waals surface area (Å²) in [5.74, 6) is 0. The Morgan fingerprint density at radius 2 is 0.843 bits per heavy atom. The molecule has 70 heavy (non-hydrogen) atoms. The van der Waals surface area contributed by atoms with Crippen molar-refractivity contribution < 1.29 is 0 Å². The zero-order valence-corrected chi connectivity index (χ0v) is 39.1. The van der Waals surface area contributed by atoms with Crippen molar-refractivity contribution in [2.75, 3.05) is 9.80 Å². The van der Waals surface area contributed by atoms with Gasteiger partial charge in [-0.1, -0.05) is 176 Å². The number of nitrogens with zero attached hydrogens (tertiary/aromatic N) is 2. The third-order valence-electron chi connectivity index (χ3n) is 15.5. The van der Waals surface area contributed by atoms with Gasteiger partial charge in [-0.15, -0.1) is 0 Å². The van der Waals surface area contributed by atoms with Crippen molar-refractivity contribution in [3.05, 3.63) is 259 Å². The maximum Gasteiger partial charge on any atom is 0.0493 e. The van der Waals surface area contributed by atoms with Crippen LogP contribution in [0.15, 0.2) is 242 Å². The molecule has 0 bridgehead atoms. The normalized spacial score (nSPS) is 14.3. The van der Waals surface area contributed by atoms with Crippen molar-refractivity contribution in [2.24, 2.45) is 0 Å². The molecule has 0 saturated carbocycles. The number of benzene rings is 11. The van der Waals surface area contributed by atoms with E-state index in [0.717, 1.165) is 44.2 Å². The van der Waals surface area contributed by atoms with Gasteiger partial charge >= 0.3 is 0 Å². The molecular weight excluding hydrogens is 845 g/mol. The third-order valence-corrected chi connectivity index (χ3v) is 15.5. The molecule has 2 heteroatoms. The van der Waals surface area contributed by atoms with Crippen molar-refractivity contribution in [2.45, 2.75) is 38.5 Å². The number of hydrogen-bond donors (Lipinski definition) is 0. The lowest BCUT2D eigenvalue weighted by Crippen LogP contribution is -2.18. The van der Waals surface area contributed by atoms with E-state index in [2.05, 4.69) is 240 Å². The molecule has 0 unspecified atom stereocenters. The molecule has 332 valence electrons. The van der Waals surface area contributed by atoms with E-state index in [-0.39, 0.29) is 0 Å². The minimum atomic E-state index is 0.996. The summed E-state index contributed by atoms with van der Waals surface area (Å²) >= 11 is 0. The minimum absolute atomic E-state index is 0.996. The first-order chi connectivity index (χ1) is 34.7. The molecule has 11 aromatic carbocycles. The predicted octanol–water partition coefficient (Wildman–Crippen LogP) is 18.6. The average Bonchev–Trinajstić information content (AvgIpc) is 3.70. The molecule has 11 aromatic rings. The molecule has 0 aromatic heterocycles. The standard InChI is InChI=1S/C68H50N2/c1-2-22-51-42-52(37-32-45(51)16-1)56-25-9-10-26-57(56)67-59-40-38-54(70-65-30-13-6-20-49(65)35-36-50-21-7-14-31-66(50)70)44-62(59)68(58-27-15-23-46-17-3-8-24-55(46)58)60-41-39-53(43-61(60)67)69-63-28-11-4-18-47(63)33-34-48-19-5-12-29-64(48)69/h1-6,8-20,22-32,37-44H,7,21,33-36H2. The van der Waals surface area contributed by atoms with Crippen LogP contribution in [-0.4, -0.2) is 0 Å². The van der Waals surface area contributed by atoms with Crippen LogP contribution in [0.2, 0.25) is 0 Å². The highest BCUT2D eigenvalue weighted by Crippen LogP contribution is 2.52. The second-order valence-electron chi connectivity index (χ2n) is 19.3. The number of rotatable bonds is 5. The van der Waals surface area contributed by atoms with E-state index in [1.165, 1.54) is 122 Å². The molecule has 3 aliphatic rings. The summed E-state index contributed by atoms with van der Waals surface area (Å²) in [5.41, 5.74) is 20.5. The van der Waals surface area contributed by atoms with Crippen LogP contribution in [0.1, 0.15) is 36.0 Å². The lowest BCUT2D eigenvalue weighted by molar-refractivity contribution is 0.833. The summed E-state index contributed by atoms with van der Waals surface area (Å²) < 4.78 is 0. The largest absolute Gasteiger partial charge is 0.310 e. The highest BCUT2D eigenvalue weighted by molar-refractivity contribution is 6.25. The second-order valence-corrected chi connectivity index (χ2v) is 19.3. The Bertz CT molecular complexity index is 3930. The van der Waals surface area contributed by atoms with Gasteiger partial charge in [0.25, 0.3) is 0 Å². The fourth-order valence-corrected chi connectivity index (χ4v) is 12.2. The number of allylic oxidation sites excluding steroid dienone is 3. The predicted molar refractivity (Wildman–Crippen MR) is 297 cm³/mol. The Labute approximate surface area is 409 Å². The molecule has 0 spiro atoms. The number of para-hydroxylation sites is 3. The summed E-state index contributed by atoms with van der Waals surface area (Å²) in [6.07, 6.45) is 11.1. The number of hydrogen-bond acceptors (Lipinski definition) is 2. The van der Waals surface area contributed by atoms with E-state index in [9.17, 15) is 0 Å². The van der Waals surface area contributed by atoms with Gasteiger partial charge in [-0.3, -0.25) is 0 Å². The topological polar surface area (TPSA) is 6.48 Å². The minimum Gasteiger partial charge on any atom is -0.310 e. The highest BCUT2D eigenvalue weighted by atomic mass is 15.2. The van der Waals surface area contributed by atoms with Gasteiger partial charge in [0.05, 0.1) is 0 Å². The van der Waals surface area contributed by atoms with Crippen molar-refractivity contribution in [1.29, 1.82) is 0 Å². The van der Waals surface area contributed by atoms with Crippen LogP contribution in [0.5, 0.6) is 0 Å². The number of anilines is 5. The fourth-order valence-electron chi connectivity index (χ4n) is 12.2. The summed E-state index contributed by atoms with van der Waals surface area (Å²) in [6, 6.07) is 82.4. The SMILES string of the molecule is C1=CC2=C(CC1)CCc1ccccc1N2c1ccc2c(-c3ccccc3-c3ccc4ccccc4c3)c3cc(N4c5ccccc5CCc5ccccc54)ccc3c(-c3cccc4ccccc34)c2c1. The smallest absolute Gasteiger partial charge is 0.0493 e. The Morgan fingerprint density at radius 1 is 0.314 bits per heavy atom. The molecular formula is C68H50N2. The van der Waals surface area contributed by atoms with Crippen LogP contribution in [0.4, 0.5) is 28.4 Å². The monoisotopic (exact) mass is 894 g/mol. The second kappa shape index (κ2) is 16.6. The lowest BCUT2D eigenvalue weighted by Gasteiger charge is -2.31. The quantitative estimate of drug-likeness (QED) is 0.159. The summed E-state index contributed by atoms with van der Waals surface area (Å²) in [7, 11) is 0. The van der Waals surface area contributed by atoms with Gasteiger partial charge in [0, 0.05) is 34.1 Å². The van der Waals surface area contributed by atoms with Gasteiger partial charge < -0.3 is 9.80 Å². The van der Waals surface area contributed by atoms with Gasteiger partial charge in [0.1, 0.15) is 0 Å². The molecule has 0 amide bonds. The molecule has 14 rings (SSSR count). The van der Waals surface area contributed by atoms with Crippen LogP contribution in [0.25, 0.3) is 76.5 Å². The molecule has 0 fully saturated rings. The van der Waals surface area contributed by atoms with Crippen LogP contribution in [0.3, 0.4) is 0 Å². The van der Waals surface area contributed by atoms with Crippen LogP contribution in [-0.2, 0) is 19.3 Å². The van der Waals surface area contributed by atoms with Crippen molar-refractivity contribution in [1.82, 2.24) is 0 Å². The molecule has 0 atom stereocenters. The van der Waals surface area contributed by atoms with Gasteiger partial charge in [0.2, 0.25) is 0 Å². The first-order valence-corrected chi connectivity index (χ1v) is 25.1. The molecule has 0 N–H and O–H groups in total. The molecule has 1 aliphatic carbocycles. The molecule has 2 nitrogen and oxygen atoms in total. The third kappa shape index (κ3) is 6.62. The Kier molecular flexibility index (Phi) is 9.65. The fraction of sp³-hybridized carbons (Fsp3) is 0.0882. The maximum atomic E-state index is 2.57. The summed E-state index contributed by atoms with van der Waals surface area (Å²) in [6.45, 7) is 0. The van der Waals surface area contributed by atoms with Crippen LogP contribution >= 0.6 is 0 Å². The van der Waals surface area contributed by atoms with E-state index in [1.807, 2.05) is 0 Å². The zero-order valence-electron chi connectivity index (χ0n) is 39.1. The van der Waals surface area contributed by atoms with Crippen molar-refractivity contribution in [3.8, 4) is 33.4 Å². The van der Waals surface area contributed by atoms with E-state index in [0.29, 0.717) is 0 Å².